The smallest absolute Gasteiger partial charge is 0.328 e. The number of carbonyl (C=O) groups excluding carboxylic acids is 5. The Hall–Kier alpha value is -3.43. The molecule has 2 rings (SSSR count). The Labute approximate surface area is 193 Å². The van der Waals surface area contributed by atoms with Gasteiger partial charge in [0.15, 0.2) is 0 Å². The molecule has 180 valence electrons. The van der Waals surface area contributed by atoms with Crippen molar-refractivity contribution in [3.05, 3.63) is 35.9 Å². The zero-order valence-corrected chi connectivity index (χ0v) is 19.2. The monoisotopic (exact) mass is 460 g/mol. The molecule has 33 heavy (non-hydrogen) atoms. The molecule has 1 aliphatic rings. The highest BCUT2D eigenvalue weighted by atomic mass is 16.5. The van der Waals surface area contributed by atoms with E-state index in [4.69, 9.17) is 4.74 Å². The van der Waals surface area contributed by atoms with E-state index in [9.17, 15) is 24.0 Å². The van der Waals surface area contributed by atoms with Crippen LogP contribution in [0.25, 0.3) is 0 Å². The second kappa shape index (κ2) is 12.6. The van der Waals surface area contributed by atoms with Crippen LogP contribution in [0.4, 0.5) is 0 Å². The zero-order valence-electron chi connectivity index (χ0n) is 19.2. The molecule has 10 nitrogen and oxygen atoms in total. The summed E-state index contributed by atoms with van der Waals surface area (Å²) in [7, 11) is 1.25. The minimum absolute atomic E-state index is 0.0713. The molecule has 0 radical (unpaired) electrons. The number of nitrogens with zero attached hydrogens (tertiary/aromatic N) is 1. The van der Waals surface area contributed by atoms with Gasteiger partial charge in [0.1, 0.15) is 18.1 Å². The summed E-state index contributed by atoms with van der Waals surface area (Å²) in [6, 6.07) is 6.23. The van der Waals surface area contributed by atoms with Crippen LogP contribution in [-0.4, -0.2) is 73.3 Å². The Morgan fingerprint density at radius 2 is 1.82 bits per heavy atom. The normalized spacial score (nSPS) is 19.3. The summed E-state index contributed by atoms with van der Waals surface area (Å²) >= 11 is 0. The van der Waals surface area contributed by atoms with E-state index in [0.717, 1.165) is 5.56 Å². The number of likely N-dealkylation sites (tertiary alicyclic amines) is 1. The van der Waals surface area contributed by atoms with Gasteiger partial charge in [-0.15, -0.1) is 0 Å². The van der Waals surface area contributed by atoms with E-state index in [-0.39, 0.29) is 31.3 Å². The van der Waals surface area contributed by atoms with E-state index in [1.165, 1.54) is 12.0 Å². The maximum Gasteiger partial charge on any atom is 0.328 e. The molecule has 10 heteroatoms. The van der Waals surface area contributed by atoms with Crippen molar-refractivity contribution in [2.24, 2.45) is 5.92 Å². The Morgan fingerprint density at radius 1 is 1.12 bits per heavy atom. The molecule has 1 aromatic carbocycles. The summed E-state index contributed by atoms with van der Waals surface area (Å²) in [5, 5.41) is 8.00. The fourth-order valence-corrected chi connectivity index (χ4v) is 3.88. The Morgan fingerprint density at radius 3 is 2.39 bits per heavy atom. The van der Waals surface area contributed by atoms with Gasteiger partial charge >= 0.3 is 5.97 Å². The molecule has 0 bridgehead atoms. The second-order valence-corrected chi connectivity index (χ2v) is 8.50. The minimum Gasteiger partial charge on any atom is -0.467 e. The minimum atomic E-state index is -0.921. The zero-order chi connectivity index (χ0) is 24.4. The Bertz CT molecular complexity index is 832. The van der Waals surface area contributed by atoms with Gasteiger partial charge in [-0.1, -0.05) is 44.2 Å². The molecule has 4 amide bonds. The number of rotatable bonds is 12. The maximum absolute atomic E-state index is 13.1. The van der Waals surface area contributed by atoms with E-state index in [0.29, 0.717) is 19.2 Å². The summed E-state index contributed by atoms with van der Waals surface area (Å²) in [5.41, 5.74) is 0.846. The van der Waals surface area contributed by atoms with Crippen LogP contribution in [0, 0.1) is 5.92 Å². The molecule has 4 atom stereocenters. The number of amides is 4. The fraction of sp³-hybridized carbons (Fsp3) is 0.522. The standard InChI is InChI=1S/C23H32N4O6/c1-15(2)9-18(25-22(31)20-11-17(24-13-28)12-27(20)14-29)21(30)26-19(23(32)33-3)10-16-7-5-4-6-8-16/h4-8,13-15,17-20H,9-12H2,1-3H3,(H,24,28)(H,25,31)(H,26,30)/t17-,18-,19-,20-/m0/s1. The van der Waals surface area contributed by atoms with Gasteiger partial charge in [-0.2, -0.15) is 0 Å². The molecule has 1 fully saturated rings. The molecule has 0 unspecified atom stereocenters. The third kappa shape index (κ3) is 7.58. The first-order valence-electron chi connectivity index (χ1n) is 10.9. The summed E-state index contributed by atoms with van der Waals surface area (Å²) in [6.45, 7) is 4.03. The average molecular weight is 461 g/mol. The lowest BCUT2D eigenvalue weighted by Crippen LogP contribution is -2.55. The molecule has 0 aromatic heterocycles. The van der Waals surface area contributed by atoms with Crippen LogP contribution in [-0.2, 0) is 35.1 Å². The Kier molecular flexibility index (Phi) is 9.84. The lowest BCUT2D eigenvalue weighted by Gasteiger charge is -2.26. The van der Waals surface area contributed by atoms with Gasteiger partial charge in [-0.25, -0.2) is 4.79 Å². The van der Waals surface area contributed by atoms with Gasteiger partial charge in [0, 0.05) is 19.0 Å². The van der Waals surface area contributed by atoms with Crippen molar-refractivity contribution in [1.29, 1.82) is 0 Å². The van der Waals surface area contributed by atoms with Crippen LogP contribution < -0.4 is 16.0 Å². The molecule has 0 saturated carbocycles. The summed E-state index contributed by atoms with van der Waals surface area (Å²) in [6.07, 6.45) is 1.91. The molecular formula is C23H32N4O6. The van der Waals surface area contributed by atoms with Crippen LogP contribution in [0.15, 0.2) is 30.3 Å². The number of esters is 1. The van der Waals surface area contributed by atoms with Crippen molar-refractivity contribution < 1.29 is 28.7 Å². The predicted molar refractivity (Wildman–Crippen MR) is 120 cm³/mol. The maximum atomic E-state index is 13.1. The third-order valence-corrected chi connectivity index (χ3v) is 5.51. The van der Waals surface area contributed by atoms with Gasteiger partial charge in [-0.3, -0.25) is 19.2 Å². The van der Waals surface area contributed by atoms with E-state index in [2.05, 4.69) is 16.0 Å². The quantitative estimate of drug-likeness (QED) is 0.291. The SMILES string of the molecule is COC(=O)[C@H](Cc1ccccc1)NC(=O)[C@H](CC(C)C)NC(=O)[C@@H]1C[C@H](NC=O)CN1C=O. The topological polar surface area (TPSA) is 134 Å². The Balaban J connectivity index is 2.12. The van der Waals surface area contributed by atoms with Crippen molar-refractivity contribution in [3.63, 3.8) is 0 Å². The molecule has 3 N–H and O–H groups in total. The largest absolute Gasteiger partial charge is 0.467 e. The van der Waals surface area contributed by atoms with Crippen molar-refractivity contribution >= 4 is 30.6 Å². The number of carbonyl (C=O) groups is 5. The van der Waals surface area contributed by atoms with Crippen LogP contribution >= 0.6 is 0 Å². The van der Waals surface area contributed by atoms with Crippen molar-refractivity contribution in [2.75, 3.05) is 13.7 Å². The fourth-order valence-electron chi connectivity index (χ4n) is 3.88. The van der Waals surface area contributed by atoms with Gasteiger partial charge < -0.3 is 25.6 Å². The van der Waals surface area contributed by atoms with Crippen LogP contribution in [0.3, 0.4) is 0 Å². The van der Waals surface area contributed by atoms with E-state index < -0.39 is 35.9 Å². The number of methoxy groups -OCH3 is 1. The van der Waals surface area contributed by atoms with Crippen LogP contribution in [0.1, 0.15) is 32.3 Å². The third-order valence-electron chi connectivity index (χ3n) is 5.51. The van der Waals surface area contributed by atoms with Gasteiger partial charge in [0.25, 0.3) is 0 Å². The highest BCUT2D eigenvalue weighted by Crippen LogP contribution is 2.17. The van der Waals surface area contributed by atoms with Crippen molar-refractivity contribution in [3.8, 4) is 0 Å². The number of ether oxygens (including phenoxy) is 1. The van der Waals surface area contributed by atoms with Crippen molar-refractivity contribution in [1.82, 2.24) is 20.9 Å². The molecule has 1 aliphatic heterocycles. The molecule has 1 saturated heterocycles. The van der Waals surface area contributed by atoms with Gasteiger partial charge in [0.05, 0.1) is 7.11 Å². The second-order valence-electron chi connectivity index (χ2n) is 8.50. The molecule has 0 spiro atoms. The number of nitrogens with one attached hydrogen (secondary N) is 3. The summed E-state index contributed by atoms with van der Waals surface area (Å²) in [4.78, 5) is 61.7. The van der Waals surface area contributed by atoms with E-state index in [1.54, 1.807) is 0 Å². The average Bonchev–Trinajstić information content (AvgIpc) is 3.21. The van der Waals surface area contributed by atoms with Gasteiger partial charge in [0.2, 0.25) is 24.6 Å². The molecule has 1 heterocycles. The highest BCUT2D eigenvalue weighted by Gasteiger charge is 2.38. The number of hydrogen-bond acceptors (Lipinski definition) is 6. The van der Waals surface area contributed by atoms with Crippen molar-refractivity contribution in [2.45, 2.75) is 57.3 Å². The lowest BCUT2D eigenvalue weighted by atomic mass is 10.0. The highest BCUT2D eigenvalue weighted by molar-refractivity contribution is 5.92. The first-order valence-corrected chi connectivity index (χ1v) is 10.9. The van der Waals surface area contributed by atoms with Gasteiger partial charge in [-0.05, 0) is 24.3 Å². The first-order chi connectivity index (χ1) is 15.8. The van der Waals surface area contributed by atoms with E-state index >= 15 is 0 Å². The molecule has 0 aliphatic carbocycles. The number of hydrogen-bond donors (Lipinski definition) is 3. The molecule has 1 aromatic rings. The molecular weight excluding hydrogens is 428 g/mol. The lowest BCUT2D eigenvalue weighted by molar-refractivity contribution is -0.145. The van der Waals surface area contributed by atoms with Crippen LogP contribution in [0.5, 0.6) is 0 Å². The summed E-state index contributed by atoms with van der Waals surface area (Å²) < 4.78 is 4.85. The van der Waals surface area contributed by atoms with E-state index in [1.807, 2.05) is 44.2 Å². The number of benzene rings is 1. The predicted octanol–water partition coefficient (Wildman–Crippen LogP) is -0.237. The first kappa shape index (κ1) is 25.8. The van der Waals surface area contributed by atoms with Crippen LogP contribution in [0.2, 0.25) is 0 Å². The summed E-state index contributed by atoms with van der Waals surface area (Å²) in [5.74, 6) is -1.52.